The number of hydrogen-bond acceptors (Lipinski definition) is 5. The molecule has 0 spiro atoms. The van der Waals surface area contributed by atoms with E-state index < -0.39 is 28.7 Å². The standard InChI is InChI=1S/C40H26O5/c41-36-35(37(42)39(44)40(45)38(36)43)28-17-18-31-32(21-28)34(27-16-14-23-8-2-4-10-25(23)20-27)30-12-6-5-11-29(30)33(31)26-15-13-22-7-1-3-9-24(22)19-26/h1-21,41-45H. The van der Waals surface area contributed by atoms with Gasteiger partial charge in [0.1, 0.15) is 0 Å². The minimum Gasteiger partial charge on any atom is -0.504 e. The molecule has 0 atom stereocenters. The fraction of sp³-hybridized carbons (Fsp3) is 0. The second kappa shape index (κ2) is 9.93. The Balaban J connectivity index is 1.53. The van der Waals surface area contributed by atoms with Crippen molar-refractivity contribution < 1.29 is 25.5 Å². The van der Waals surface area contributed by atoms with E-state index in [0.717, 1.165) is 65.3 Å². The molecule has 0 amide bonds. The summed E-state index contributed by atoms with van der Waals surface area (Å²) in [7, 11) is 0. The van der Waals surface area contributed by atoms with E-state index in [1.807, 2.05) is 48.5 Å². The third kappa shape index (κ3) is 4.02. The van der Waals surface area contributed by atoms with Crippen LogP contribution in [0, 0.1) is 0 Å². The van der Waals surface area contributed by atoms with Crippen LogP contribution in [0.1, 0.15) is 0 Å². The van der Waals surface area contributed by atoms with E-state index in [4.69, 9.17) is 0 Å². The average molecular weight is 587 g/mol. The smallest absolute Gasteiger partial charge is 0.208 e. The minimum atomic E-state index is -0.990. The Bertz CT molecular complexity index is 2470. The van der Waals surface area contributed by atoms with E-state index >= 15 is 0 Å². The molecule has 0 saturated heterocycles. The maximum absolute atomic E-state index is 10.8. The van der Waals surface area contributed by atoms with Gasteiger partial charge in [-0.15, -0.1) is 0 Å². The Morgan fingerprint density at radius 3 is 1.18 bits per heavy atom. The summed E-state index contributed by atoms with van der Waals surface area (Å²) in [5.41, 5.74) is 4.19. The number of phenols is 5. The molecule has 0 aliphatic heterocycles. The van der Waals surface area contributed by atoms with Crippen molar-refractivity contribution in [3.8, 4) is 62.1 Å². The van der Waals surface area contributed by atoms with E-state index in [2.05, 4.69) is 72.8 Å². The van der Waals surface area contributed by atoms with Crippen LogP contribution in [0.2, 0.25) is 0 Å². The van der Waals surface area contributed by atoms with Crippen molar-refractivity contribution in [3.63, 3.8) is 0 Å². The Labute approximate surface area is 257 Å². The summed E-state index contributed by atoms with van der Waals surface area (Å²) in [5.74, 6) is -4.28. The quantitative estimate of drug-likeness (QED) is 0.0806. The van der Waals surface area contributed by atoms with Gasteiger partial charge in [0.25, 0.3) is 0 Å². The number of benzene rings is 8. The molecule has 0 aliphatic carbocycles. The minimum absolute atomic E-state index is 0.186. The van der Waals surface area contributed by atoms with Crippen molar-refractivity contribution in [3.05, 3.63) is 127 Å². The van der Waals surface area contributed by atoms with Gasteiger partial charge in [-0.2, -0.15) is 0 Å². The molecule has 0 aliphatic rings. The first-order valence-corrected chi connectivity index (χ1v) is 14.6. The lowest BCUT2D eigenvalue weighted by Crippen LogP contribution is -1.92. The Morgan fingerprint density at radius 1 is 0.267 bits per heavy atom. The van der Waals surface area contributed by atoms with Crippen LogP contribution >= 0.6 is 0 Å². The van der Waals surface area contributed by atoms with E-state index in [-0.39, 0.29) is 5.56 Å². The zero-order chi connectivity index (χ0) is 30.8. The van der Waals surface area contributed by atoms with Crippen LogP contribution in [-0.2, 0) is 0 Å². The Kier molecular flexibility index (Phi) is 5.83. The van der Waals surface area contributed by atoms with Gasteiger partial charge in [-0.25, -0.2) is 0 Å². The van der Waals surface area contributed by atoms with Crippen molar-refractivity contribution in [2.75, 3.05) is 0 Å². The number of rotatable bonds is 3. The fourth-order valence-corrected chi connectivity index (χ4v) is 6.60. The second-order valence-electron chi connectivity index (χ2n) is 11.3. The van der Waals surface area contributed by atoms with Crippen molar-refractivity contribution in [1.29, 1.82) is 0 Å². The summed E-state index contributed by atoms with van der Waals surface area (Å²) in [4.78, 5) is 0. The number of fused-ring (bicyclic) bond motifs is 4. The van der Waals surface area contributed by atoms with Crippen molar-refractivity contribution in [1.82, 2.24) is 0 Å². The van der Waals surface area contributed by atoms with E-state index in [0.29, 0.717) is 5.56 Å². The zero-order valence-electron chi connectivity index (χ0n) is 23.9. The topological polar surface area (TPSA) is 101 Å². The van der Waals surface area contributed by atoms with Gasteiger partial charge in [0.2, 0.25) is 17.2 Å². The molecule has 45 heavy (non-hydrogen) atoms. The van der Waals surface area contributed by atoms with Gasteiger partial charge in [0.15, 0.2) is 11.5 Å². The highest BCUT2D eigenvalue weighted by molar-refractivity contribution is 6.22. The van der Waals surface area contributed by atoms with Gasteiger partial charge in [-0.1, -0.05) is 109 Å². The molecule has 0 heterocycles. The predicted octanol–water partition coefficient (Wildman–Crippen LogP) is 9.83. The first kappa shape index (κ1) is 26.4. The SMILES string of the molecule is Oc1c(O)c(O)c(-c2ccc3c(-c4ccc5ccccc5c4)c4ccccc4c(-c4ccc5ccccc5c4)c3c2)c(O)c1O. The molecule has 0 aromatic heterocycles. The molecule has 0 bridgehead atoms. The molecule has 0 saturated carbocycles. The van der Waals surface area contributed by atoms with E-state index in [9.17, 15) is 25.5 Å². The van der Waals surface area contributed by atoms with Gasteiger partial charge >= 0.3 is 0 Å². The molecule has 8 aromatic carbocycles. The summed E-state index contributed by atoms with van der Waals surface area (Å²) < 4.78 is 0. The molecule has 8 rings (SSSR count). The Morgan fingerprint density at radius 2 is 0.644 bits per heavy atom. The highest BCUT2D eigenvalue weighted by atomic mass is 16.4. The van der Waals surface area contributed by atoms with Gasteiger partial charge in [0.05, 0.1) is 5.56 Å². The maximum Gasteiger partial charge on any atom is 0.208 e. The molecule has 5 heteroatoms. The average Bonchev–Trinajstić information content (AvgIpc) is 3.08. The van der Waals surface area contributed by atoms with Crippen molar-refractivity contribution >= 4 is 43.1 Å². The zero-order valence-corrected chi connectivity index (χ0v) is 23.9. The van der Waals surface area contributed by atoms with Crippen LogP contribution in [0.4, 0.5) is 0 Å². The summed E-state index contributed by atoms with van der Waals surface area (Å²) in [5, 5.41) is 60.7. The largest absolute Gasteiger partial charge is 0.504 e. The third-order valence-corrected chi connectivity index (χ3v) is 8.76. The van der Waals surface area contributed by atoms with Crippen LogP contribution in [0.25, 0.3) is 76.5 Å². The number of hydrogen-bond donors (Lipinski definition) is 5. The summed E-state index contributed by atoms with van der Waals surface area (Å²) in [6.07, 6.45) is 0. The molecule has 216 valence electrons. The third-order valence-electron chi connectivity index (χ3n) is 8.76. The van der Waals surface area contributed by atoms with Crippen LogP contribution < -0.4 is 0 Å². The molecular weight excluding hydrogens is 560 g/mol. The lowest BCUT2D eigenvalue weighted by Gasteiger charge is -2.20. The first-order valence-electron chi connectivity index (χ1n) is 14.6. The molecule has 0 radical (unpaired) electrons. The van der Waals surface area contributed by atoms with Gasteiger partial charge in [-0.3, -0.25) is 0 Å². The Hall–Kier alpha value is -6.20. The van der Waals surface area contributed by atoms with Gasteiger partial charge in [0, 0.05) is 0 Å². The molecule has 0 unspecified atom stereocenters. The van der Waals surface area contributed by atoms with E-state index in [1.54, 1.807) is 6.07 Å². The van der Waals surface area contributed by atoms with E-state index in [1.165, 1.54) is 0 Å². The first-order chi connectivity index (χ1) is 21.9. The van der Waals surface area contributed by atoms with Crippen LogP contribution in [0.5, 0.6) is 28.7 Å². The number of phenolic OH excluding ortho intramolecular Hbond substituents is 5. The van der Waals surface area contributed by atoms with Crippen LogP contribution in [-0.4, -0.2) is 25.5 Å². The summed E-state index contributed by atoms with van der Waals surface area (Å²) in [6.45, 7) is 0. The summed E-state index contributed by atoms with van der Waals surface area (Å²) in [6, 6.07) is 43.0. The molecule has 5 nitrogen and oxygen atoms in total. The lowest BCUT2D eigenvalue weighted by molar-refractivity contribution is 0.330. The highest BCUT2D eigenvalue weighted by Gasteiger charge is 2.25. The lowest BCUT2D eigenvalue weighted by atomic mass is 9.84. The van der Waals surface area contributed by atoms with Crippen molar-refractivity contribution in [2.24, 2.45) is 0 Å². The monoisotopic (exact) mass is 586 g/mol. The summed E-state index contributed by atoms with van der Waals surface area (Å²) >= 11 is 0. The molecule has 0 fully saturated rings. The van der Waals surface area contributed by atoms with Crippen LogP contribution in [0.3, 0.4) is 0 Å². The number of aromatic hydroxyl groups is 5. The predicted molar refractivity (Wildman–Crippen MR) is 181 cm³/mol. The molecule has 8 aromatic rings. The second-order valence-corrected chi connectivity index (χ2v) is 11.3. The van der Waals surface area contributed by atoms with Crippen molar-refractivity contribution in [2.45, 2.75) is 0 Å². The van der Waals surface area contributed by atoms with Gasteiger partial charge < -0.3 is 25.5 Å². The maximum atomic E-state index is 10.8. The highest BCUT2D eigenvalue weighted by Crippen LogP contribution is 2.55. The van der Waals surface area contributed by atoms with Gasteiger partial charge in [-0.05, 0) is 89.1 Å². The fourth-order valence-electron chi connectivity index (χ4n) is 6.60. The van der Waals surface area contributed by atoms with Crippen LogP contribution in [0.15, 0.2) is 127 Å². The molecular formula is C40H26O5. The normalized spacial score (nSPS) is 11.6. The molecule has 5 N–H and O–H groups in total.